The smallest absolute Gasteiger partial charge is 0.151 e. The molecule has 1 saturated heterocycles. The number of hydrogen-bond donors (Lipinski definition) is 0. The number of nitrogens with zero attached hydrogens (tertiary/aromatic N) is 5. The zero-order chi connectivity index (χ0) is 17.2. The topological polar surface area (TPSA) is 37.2 Å². The van der Waals surface area contributed by atoms with Crippen molar-refractivity contribution in [2.75, 3.05) is 33.7 Å². The van der Waals surface area contributed by atoms with Crippen molar-refractivity contribution >= 4 is 11.3 Å². The van der Waals surface area contributed by atoms with Crippen molar-refractivity contribution in [3.8, 4) is 21.3 Å². The number of aromatic nitrogens is 3. The van der Waals surface area contributed by atoms with Crippen molar-refractivity contribution in [2.45, 2.75) is 12.6 Å². The van der Waals surface area contributed by atoms with Crippen molar-refractivity contribution in [1.82, 2.24) is 24.3 Å². The number of rotatable bonds is 4. The highest BCUT2D eigenvalue weighted by Crippen LogP contribution is 2.31. The van der Waals surface area contributed by atoms with Gasteiger partial charge >= 0.3 is 0 Å². The van der Waals surface area contributed by atoms with Crippen LogP contribution in [0.25, 0.3) is 21.3 Å². The Labute approximate surface area is 152 Å². The van der Waals surface area contributed by atoms with Gasteiger partial charge in [-0.3, -0.25) is 4.90 Å². The van der Waals surface area contributed by atoms with Gasteiger partial charge in [-0.1, -0.05) is 30.3 Å². The maximum Gasteiger partial charge on any atom is 0.151 e. The number of likely N-dealkylation sites (N-methyl/N-ethyl adjacent to an activating group) is 2. The summed E-state index contributed by atoms with van der Waals surface area (Å²) < 4.78 is 2.27. The van der Waals surface area contributed by atoms with E-state index in [-0.39, 0.29) is 0 Å². The lowest BCUT2D eigenvalue weighted by Crippen LogP contribution is -2.51. The molecule has 4 rings (SSSR count). The van der Waals surface area contributed by atoms with Crippen LogP contribution >= 0.6 is 11.3 Å². The molecule has 0 aliphatic carbocycles. The number of hydrogen-bond acceptors (Lipinski definition) is 5. The van der Waals surface area contributed by atoms with Gasteiger partial charge in [0.2, 0.25) is 0 Å². The lowest BCUT2D eigenvalue weighted by atomic mass is 10.2. The van der Waals surface area contributed by atoms with E-state index >= 15 is 0 Å². The van der Waals surface area contributed by atoms with Crippen molar-refractivity contribution in [2.24, 2.45) is 0 Å². The van der Waals surface area contributed by atoms with E-state index in [0.29, 0.717) is 6.04 Å². The average Bonchev–Trinajstić information content (AvgIpc) is 3.28. The summed E-state index contributed by atoms with van der Waals surface area (Å²) in [6.45, 7) is 4.30. The molecule has 5 nitrogen and oxygen atoms in total. The molecule has 0 amide bonds. The van der Waals surface area contributed by atoms with Gasteiger partial charge in [-0.05, 0) is 14.1 Å². The summed E-state index contributed by atoms with van der Waals surface area (Å²) in [4.78, 5) is 15.2. The summed E-state index contributed by atoms with van der Waals surface area (Å²) in [6, 6.07) is 10.8. The predicted molar refractivity (Wildman–Crippen MR) is 103 cm³/mol. The average molecular weight is 353 g/mol. The first-order valence-electron chi connectivity index (χ1n) is 8.62. The normalized spacial score (nSPS) is 19.4. The summed E-state index contributed by atoms with van der Waals surface area (Å²) in [7, 11) is 4.42. The van der Waals surface area contributed by atoms with Crippen LogP contribution in [0.1, 0.15) is 0 Å². The molecule has 0 saturated carbocycles. The zero-order valence-corrected chi connectivity index (χ0v) is 15.5. The Morgan fingerprint density at radius 2 is 1.96 bits per heavy atom. The van der Waals surface area contributed by atoms with Gasteiger partial charge in [0, 0.05) is 56.4 Å². The summed E-state index contributed by atoms with van der Waals surface area (Å²) in [5.41, 5.74) is 1.16. The molecule has 3 aromatic rings. The molecule has 0 N–H and O–H groups in total. The Morgan fingerprint density at radius 1 is 1.12 bits per heavy atom. The van der Waals surface area contributed by atoms with E-state index < -0.39 is 0 Å². The molecule has 0 spiro atoms. The van der Waals surface area contributed by atoms with Gasteiger partial charge in [0.1, 0.15) is 5.01 Å². The second-order valence-corrected chi connectivity index (χ2v) is 7.73. The Balaban J connectivity index is 1.57. The van der Waals surface area contributed by atoms with Gasteiger partial charge in [-0.15, -0.1) is 11.3 Å². The van der Waals surface area contributed by atoms with E-state index in [0.717, 1.165) is 47.5 Å². The van der Waals surface area contributed by atoms with Gasteiger partial charge in [0.25, 0.3) is 0 Å². The second kappa shape index (κ2) is 7.07. The minimum Gasteiger partial charge on any atom is -0.329 e. The fraction of sp³-hybridized carbons (Fsp3) is 0.368. The standard InChI is InChI=1S/C19H23N5S/c1-22-10-11-23(2)16(13-22)14-24-9-8-20-18(24)17-12-21-19(25-17)15-6-4-3-5-7-15/h3-9,12,16H,10-11,13-14H2,1-2H3. The van der Waals surface area contributed by atoms with Crippen LogP contribution in [0.2, 0.25) is 0 Å². The third kappa shape index (κ3) is 3.51. The first-order valence-corrected chi connectivity index (χ1v) is 9.44. The van der Waals surface area contributed by atoms with Gasteiger partial charge in [0.05, 0.1) is 4.88 Å². The highest BCUT2D eigenvalue weighted by molar-refractivity contribution is 7.18. The molecule has 3 heterocycles. The van der Waals surface area contributed by atoms with Gasteiger partial charge < -0.3 is 9.47 Å². The predicted octanol–water partition coefficient (Wildman–Crippen LogP) is 2.92. The molecule has 130 valence electrons. The van der Waals surface area contributed by atoms with Crippen LogP contribution in [0.3, 0.4) is 0 Å². The van der Waals surface area contributed by atoms with E-state index in [2.05, 4.69) is 56.8 Å². The van der Waals surface area contributed by atoms with Crippen LogP contribution in [0, 0.1) is 0 Å². The van der Waals surface area contributed by atoms with E-state index in [9.17, 15) is 0 Å². The van der Waals surface area contributed by atoms with E-state index in [1.807, 2.05) is 30.6 Å². The van der Waals surface area contributed by atoms with Crippen LogP contribution in [0.5, 0.6) is 0 Å². The van der Waals surface area contributed by atoms with E-state index in [1.54, 1.807) is 11.3 Å². The summed E-state index contributed by atoms with van der Waals surface area (Å²) in [6.07, 6.45) is 5.92. The SMILES string of the molecule is CN1CCN(C)C(Cn2ccnc2-c2cnc(-c3ccccc3)s2)C1. The Bertz CT molecular complexity index is 825. The fourth-order valence-corrected chi connectivity index (χ4v) is 4.23. The Hall–Kier alpha value is -2.02. The molecule has 1 atom stereocenters. The van der Waals surface area contributed by atoms with Crippen molar-refractivity contribution in [3.63, 3.8) is 0 Å². The highest BCUT2D eigenvalue weighted by atomic mass is 32.1. The molecule has 2 aromatic heterocycles. The molecule has 1 unspecified atom stereocenters. The third-order valence-electron chi connectivity index (χ3n) is 4.85. The molecule has 1 aliphatic heterocycles. The largest absolute Gasteiger partial charge is 0.329 e. The minimum absolute atomic E-state index is 0.508. The fourth-order valence-electron chi connectivity index (χ4n) is 3.30. The lowest BCUT2D eigenvalue weighted by molar-refractivity contribution is 0.103. The van der Waals surface area contributed by atoms with Crippen LogP contribution in [0.4, 0.5) is 0 Å². The Kier molecular flexibility index (Phi) is 4.65. The Morgan fingerprint density at radius 3 is 2.80 bits per heavy atom. The molecule has 0 radical (unpaired) electrons. The number of benzene rings is 1. The second-order valence-electron chi connectivity index (χ2n) is 6.70. The summed E-state index contributed by atoms with van der Waals surface area (Å²) >= 11 is 1.70. The van der Waals surface area contributed by atoms with E-state index in [4.69, 9.17) is 0 Å². The first kappa shape index (κ1) is 16.4. The number of imidazole rings is 1. The van der Waals surface area contributed by atoms with Crippen LogP contribution in [0.15, 0.2) is 48.9 Å². The molecule has 1 fully saturated rings. The van der Waals surface area contributed by atoms with Crippen LogP contribution < -0.4 is 0 Å². The monoisotopic (exact) mass is 353 g/mol. The number of thiazole rings is 1. The molecular weight excluding hydrogens is 330 g/mol. The first-order chi connectivity index (χ1) is 12.2. The number of piperazine rings is 1. The molecular formula is C19H23N5S. The van der Waals surface area contributed by atoms with Gasteiger partial charge in [0.15, 0.2) is 5.82 Å². The minimum atomic E-state index is 0.508. The molecule has 1 aromatic carbocycles. The quantitative estimate of drug-likeness (QED) is 0.723. The van der Waals surface area contributed by atoms with Crippen molar-refractivity contribution in [1.29, 1.82) is 0 Å². The van der Waals surface area contributed by atoms with E-state index in [1.165, 1.54) is 0 Å². The third-order valence-corrected chi connectivity index (χ3v) is 5.89. The lowest BCUT2D eigenvalue weighted by Gasteiger charge is -2.38. The summed E-state index contributed by atoms with van der Waals surface area (Å²) in [5, 5.41) is 1.04. The maximum atomic E-state index is 4.60. The molecule has 0 bridgehead atoms. The molecule has 1 aliphatic rings. The summed E-state index contributed by atoms with van der Waals surface area (Å²) in [5.74, 6) is 1.02. The zero-order valence-electron chi connectivity index (χ0n) is 14.7. The van der Waals surface area contributed by atoms with Crippen molar-refractivity contribution in [3.05, 3.63) is 48.9 Å². The molecule has 6 heteroatoms. The highest BCUT2D eigenvalue weighted by Gasteiger charge is 2.23. The van der Waals surface area contributed by atoms with Crippen molar-refractivity contribution < 1.29 is 0 Å². The van der Waals surface area contributed by atoms with Crippen LogP contribution in [-0.4, -0.2) is 64.1 Å². The van der Waals surface area contributed by atoms with Gasteiger partial charge in [-0.25, -0.2) is 9.97 Å². The molecule has 25 heavy (non-hydrogen) atoms. The van der Waals surface area contributed by atoms with Crippen LogP contribution in [-0.2, 0) is 6.54 Å². The maximum absolute atomic E-state index is 4.60. The van der Waals surface area contributed by atoms with Gasteiger partial charge in [-0.2, -0.15) is 0 Å².